The first-order valence-electron chi connectivity index (χ1n) is 7.89. The van der Waals surface area contributed by atoms with E-state index in [1.807, 2.05) is 42.5 Å². The summed E-state index contributed by atoms with van der Waals surface area (Å²) in [4.78, 5) is 30.6. The van der Waals surface area contributed by atoms with E-state index >= 15 is 0 Å². The summed E-state index contributed by atoms with van der Waals surface area (Å²) < 4.78 is 1.35. The zero-order valence-electron chi connectivity index (χ0n) is 13.6. The largest absolute Gasteiger partial charge is 0.329 e. The van der Waals surface area contributed by atoms with E-state index in [-0.39, 0.29) is 0 Å². The molecule has 0 saturated heterocycles. The number of aromatic nitrogens is 3. The molecule has 0 radical (unpaired) electrons. The third-order valence-electron chi connectivity index (χ3n) is 4.30. The molecule has 0 aliphatic heterocycles. The van der Waals surface area contributed by atoms with E-state index in [1.165, 1.54) is 4.57 Å². The summed E-state index contributed by atoms with van der Waals surface area (Å²) in [6.45, 7) is 0. The first-order chi connectivity index (χ1) is 12.1. The Morgan fingerprint density at radius 2 is 1.48 bits per heavy atom. The molecule has 2 aromatic heterocycles. The smallest absolute Gasteiger partial charge is 0.281 e. The molecule has 0 aliphatic rings. The number of benzene rings is 2. The van der Waals surface area contributed by atoms with E-state index in [0.29, 0.717) is 11.0 Å². The summed E-state index contributed by atoms with van der Waals surface area (Å²) in [6, 6.07) is 19.9. The first kappa shape index (κ1) is 15.1. The van der Waals surface area contributed by atoms with Crippen molar-refractivity contribution in [3.05, 3.63) is 87.7 Å². The molecule has 4 rings (SSSR count). The second-order valence-corrected chi connectivity index (χ2v) is 5.82. The summed E-state index contributed by atoms with van der Waals surface area (Å²) >= 11 is 0. The number of aromatic amines is 1. The van der Waals surface area contributed by atoms with Crippen molar-refractivity contribution in [2.45, 2.75) is 0 Å². The van der Waals surface area contributed by atoms with Gasteiger partial charge in [-0.2, -0.15) is 0 Å². The molecule has 0 amide bonds. The van der Waals surface area contributed by atoms with Crippen molar-refractivity contribution >= 4 is 11.0 Å². The van der Waals surface area contributed by atoms with Gasteiger partial charge < -0.3 is 0 Å². The van der Waals surface area contributed by atoms with Gasteiger partial charge in [0, 0.05) is 13.2 Å². The fourth-order valence-corrected chi connectivity index (χ4v) is 2.98. The topological polar surface area (TPSA) is 67.8 Å². The van der Waals surface area contributed by atoms with Crippen LogP contribution in [0.25, 0.3) is 33.3 Å². The number of rotatable bonds is 2. The molecule has 0 saturated carbocycles. The van der Waals surface area contributed by atoms with Crippen molar-refractivity contribution in [3.63, 3.8) is 0 Å². The van der Waals surface area contributed by atoms with Gasteiger partial charge in [0.2, 0.25) is 0 Å². The minimum Gasteiger partial charge on any atom is -0.281 e. The Bertz CT molecular complexity index is 1170. The van der Waals surface area contributed by atoms with E-state index in [0.717, 1.165) is 22.3 Å². The summed E-state index contributed by atoms with van der Waals surface area (Å²) in [5.74, 6) is 0. The lowest BCUT2D eigenvalue weighted by Gasteiger charge is -2.09. The van der Waals surface area contributed by atoms with Gasteiger partial charge in [-0.1, -0.05) is 54.6 Å². The lowest BCUT2D eigenvalue weighted by Crippen LogP contribution is -2.29. The van der Waals surface area contributed by atoms with Crippen LogP contribution < -0.4 is 11.2 Å². The maximum Gasteiger partial charge on any atom is 0.329 e. The molecule has 0 atom stereocenters. The molecule has 5 nitrogen and oxygen atoms in total. The molecular weight excluding hydrogens is 314 g/mol. The monoisotopic (exact) mass is 329 g/mol. The number of aryl methyl sites for hydroxylation is 1. The standard InChI is InChI=1S/C20H15N3O2/c1-23-18-17(19(24)22-20(23)25)16(11-12-21-18)15-9-7-14(8-10-15)13-5-3-2-4-6-13/h2-12H,1H3,(H,22,24,25). The van der Waals surface area contributed by atoms with E-state index in [1.54, 1.807) is 19.3 Å². The van der Waals surface area contributed by atoms with Crippen LogP contribution in [0.4, 0.5) is 0 Å². The van der Waals surface area contributed by atoms with Crippen LogP contribution in [0, 0.1) is 0 Å². The Hall–Kier alpha value is -3.47. The molecule has 2 heterocycles. The number of H-pyrrole nitrogens is 1. The van der Waals surface area contributed by atoms with Gasteiger partial charge >= 0.3 is 5.69 Å². The van der Waals surface area contributed by atoms with E-state index in [4.69, 9.17) is 0 Å². The maximum absolute atomic E-state index is 12.3. The Balaban J connectivity index is 1.90. The molecule has 25 heavy (non-hydrogen) atoms. The summed E-state index contributed by atoms with van der Waals surface area (Å²) in [5, 5.41) is 0.414. The summed E-state index contributed by atoms with van der Waals surface area (Å²) in [5.41, 5.74) is 3.36. The van der Waals surface area contributed by atoms with Crippen LogP contribution in [0.3, 0.4) is 0 Å². The number of fused-ring (bicyclic) bond motifs is 1. The lowest BCUT2D eigenvalue weighted by atomic mass is 9.99. The van der Waals surface area contributed by atoms with Gasteiger partial charge in [0.05, 0.1) is 5.39 Å². The molecular formula is C20H15N3O2. The predicted molar refractivity (Wildman–Crippen MR) is 98.5 cm³/mol. The summed E-state index contributed by atoms with van der Waals surface area (Å²) in [6.07, 6.45) is 1.61. The average Bonchev–Trinajstić information content (AvgIpc) is 2.66. The molecule has 4 aromatic rings. The van der Waals surface area contributed by atoms with E-state index in [9.17, 15) is 9.59 Å². The van der Waals surface area contributed by atoms with Crippen molar-refractivity contribution in [1.82, 2.24) is 14.5 Å². The zero-order chi connectivity index (χ0) is 17.4. The Morgan fingerprint density at radius 3 is 2.20 bits per heavy atom. The van der Waals surface area contributed by atoms with Crippen LogP contribution in [-0.4, -0.2) is 14.5 Å². The third-order valence-corrected chi connectivity index (χ3v) is 4.30. The maximum atomic E-state index is 12.3. The lowest BCUT2D eigenvalue weighted by molar-refractivity contribution is 0.829. The fourth-order valence-electron chi connectivity index (χ4n) is 2.98. The van der Waals surface area contributed by atoms with Crippen molar-refractivity contribution in [1.29, 1.82) is 0 Å². The van der Waals surface area contributed by atoms with E-state index < -0.39 is 11.2 Å². The molecule has 0 spiro atoms. The molecule has 0 bridgehead atoms. The van der Waals surface area contributed by atoms with Crippen LogP contribution in [0.15, 0.2) is 76.4 Å². The highest BCUT2D eigenvalue weighted by molar-refractivity contribution is 5.92. The molecule has 0 unspecified atom stereocenters. The third kappa shape index (κ3) is 2.55. The number of hydrogen-bond acceptors (Lipinski definition) is 3. The Kier molecular flexibility index (Phi) is 3.54. The number of pyridine rings is 1. The van der Waals surface area contributed by atoms with Gasteiger partial charge in [0.25, 0.3) is 5.56 Å². The summed E-state index contributed by atoms with van der Waals surface area (Å²) in [7, 11) is 1.59. The first-order valence-corrected chi connectivity index (χ1v) is 7.89. The van der Waals surface area contributed by atoms with Gasteiger partial charge in [-0.3, -0.25) is 14.3 Å². The second-order valence-electron chi connectivity index (χ2n) is 5.82. The van der Waals surface area contributed by atoms with Crippen LogP contribution in [0.1, 0.15) is 0 Å². The van der Waals surface area contributed by atoms with Gasteiger partial charge in [0.15, 0.2) is 0 Å². The van der Waals surface area contributed by atoms with Gasteiger partial charge in [-0.15, -0.1) is 0 Å². The molecule has 1 N–H and O–H groups in total. The number of nitrogens with zero attached hydrogens (tertiary/aromatic N) is 2. The molecule has 122 valence electrons. The van der Waals surface area contributed by atoms with Crippen LogP contribution in [0.5, 0.6) is 0 Å². The number of hydrogen-bond donors (Lipinski definition) is 1. The second kappa shape index (κ2) is 5.87. The Morgan fingerprint density at radius 1 is 0.840 bits per heavy atom. The van der Waals surface area contributed by atoms with Gasteiger partial charge in [-0.05, 0) is 28.3 Å². The van der Waals surface area contributed by atoms with Gasteiger partial charge in [-0.25, -0.2) is 9.78 Å². The SMILES string of the molecule is Cn1c(=O)[nH]c(=O)c2c(-c3ccc(-c4ccccc4)cc3)ccnc21. The van der Waals surface area contributed by atoms with E-state index in [2.05, 4.69) is 22.1 Å². The highest BCUT2D eigenvalue weighted by atomic mass is 16.2. The Labute approximate surface area is 143 Å². The predicted octanol–water partition coefficient (Wildman–Crippen LogP) is 2.96. The van der Waals surface area contributed by atoms with Crippen molar-refractivity contribution in [3.8, 4) is 22.3 Å². The normalized spacial score (nSPS) is 10.9. The van der Waals surface area contributed by atoms with Crippen molar-refractivity contribution in [2.75, 3.05) is 0 Å². The fraction of sp³-hybridized carbons (Fsp3) is 0.0500. The molecule has 2 aromatic carbocycles. The van der Waals surface area contributed by atoms with Crippen LogP contribution in [0.2, 0.25) is 0 Å². The van der Waals surface area contributed by atoms with Gasteiger partial charge in [0.1, 0.15) is 5.65 Å². The highest BCUT2D eigenvalue weighted by Gasteiger charge is 2.12. The molecule has 0 aliphatic carbocycles. The van der Waals surface area contributed by atoms with Crippen molar-refractivity contribution < 1.29 is 0 Å². The zero-order valence-corrected chi connectivity index (χ0v) is 13.6. The van der Waals surface area contributed by atoms with Crippen LogP contribution in [-0.2, 0) is 7.05 Å². The minimum atomic E-state index is -0.471. The quantitative estimate of drug-likeness (QED) is 0.615. The molecule has 5 heteroatoms. The average molecular weight is 329 g/mol. The van der Waals surface area contributed by atoms with Crippen molar-refractivity contribution in [2.24, 2.45) is 7.05 Å². The number of nitrogens with one attached hydrogen (secondary N) is 1. The van der Waals surface area contributed by atoms with Crippen LogP contribution >= 0.6 is 0 Å². The minimum absolute atomic E-state index is 0.374. The molecule has 0 fully saturated rings. The highest BCUT2D eigenvalue weighted by Crippen LogP contribution is 2.27.